The third-order valence-corrected chi connectivity index (χ3v) is 11.6. The lowest BCUT2D eigenvalue weighted by atomic mass is 9.73. The van der Waals surface area contributed by atoms with Gasteiger partial charge < -0.3 is 15.1 Å². The van der Waals surface area contributed by atoms with Gasteiger partial charge in [-0.3, -0.25) is 14.9 Å². The number of nitrogens with one attached hydrogen (secondary N) is 2. The Hall–Kier alpha value is -4.68. The Bertz CT molecular complexity index is 1940. The van der Waals surface area contributed by atoms with E-state index in [9.17, 15) is 35.9 Å². The van der Waals surface area contributed by atoms with Gasteiger partial charge in [0.25, 0.3) is 0 Å². The highest BCUT2D eigenvalue weighted by molar-refractivity contribution is 6.01. The molecule has 0 aromatic heterocycles. The van der Waals surface area contributed by atoms with Crippen LogP contribution in [-0.2, 0) is 20.4 Å². The Morgan fingerprint density at radius 3 is 1.16 bits per heavy atom. The van der Waals surface area contributed by atoms with E-state index in [0.29, 0.717) is 36.8 Å². The normalized spacial score (nSPS) is 14.9. The standard InChI is InChI=1S/C45H50F6N4O2/c1-54(27-13-11-25-42(40(56)52-31-44(46,47)48)36-21-7-3-17-32(36)33-18-4-8-22-37(33)42)29-15-16-30-55(2)28-14-12-26-43(41(57)53-45(49,50)51)38-23-9-5-19-34(38)35-20-6-10-24-39(35)43/h3-10,17-24H,11-16,25-31H2,1-2H3,(H,52,56)(H,53,57). The van der Waals surface area contributed by atoms with Gasteiger partial charge in [-0.2, -0.15) is 26.3 Å². The van der Waals surface area contributed by atoms with Crippen molar-refractivity contribution in [3.05, 3.63) is 119 Å². The average molecular weight is 793 g/mol. The molecule has 12 heteroatoms. The number of nitrogens with zero attached hydrogens (tertiary/aromatic N) is 2. The summed E-state index contributed by atoms with van der Waals surface area (Å²) in [5.41, 5.74) is 3.37. The van der Waals surface area contributed by atoms with Gasteiger partial charge in [-0.1, -0.05) is 110 Å². The van der Waals surface area contributed by atoms with Gasteiger partial charge in [0.2, 0.25) is 11.8 Å². The van der Waals surface area contributed by atoms with Crippen molar-refractivity contribution in [2.24, 2.45) is 0 Å². The van der Waals surface area contributed by atoms with Gasteiger partial charge in [0, 0.05) is 0 Å². The number of carbonyl (C=O) groups excluding carboxylic acids is 2. The van der Waals surface area contributed by atoms with Gasteiger partial charge in [0.15, 0.2) is 0 Å². The molecule has 2 aliphatic rings. The lowest BCUT2D eigenvalue weighted by Crippen LogP contribution is -2.49. The molecule has 0 saturated heterocycles. The minimum absolute atomic E-state index is 0.250. The van der Waals surface area contributed by atoms with E-state index in [1.807, 2.05) is 86.9 Å². The minimum Gasteiger partial charge on any atom is -0.346 e. The van der Waals surface area contributed by atoms with Crippen molar-refractivity contribution >= 4 is 11.8 Å². The first-order valence-electron chi connectivity index (χ1n) is 19.7. The average Bonchev–Trinajstić information content (AvgIpc) is 3.63. The minimum atomic E-state index is -4.84. The molecule has 0 spiro atoms. The molecule has 57 heavy (non-hydrogen) atoms. The van der Waals surface area contributed by atoms with Gasteiger partial charge >= 0.3 is 12.5 Å². The van der Waals surface area contributed by atoms with E-state index in [0.717, 1.165) is 78.8 Å². The van der Waals surface area contributed by atoms with Crippen LogP contribution < -0.4 is 10.6 Å². The molecule has 4 aromatic rings. The van der Waals surface area contributed by atoms with Crippen LogP contribution in [0.4, 0.5) is 26.3 Å². The molecule has 4 aromatic carbocycles. The predicted molar refractivity (Wildman–Crippen MR) is 211 cm³/mol. The molecule has 2 aliphatic carbocycles. The number of benzene rings is 4. The molecule has 6 nitrogen and oxygen atoms in total. The highest BCUT2D eigenvalue weighted by atomic mass is 19.4. The van der Waals surface area contributed by atoms with Crippen molar-refractivity contribution < 1.29 is 35.9 Å². The zero-order valence-corrected chi connectivity index (χ0v) is 32.4. The zero-order valence-electron chi connectivity index (χ0n) is 32.4. The van der Waals surface area contributed by atoms with Crippen LogP contribution in [0.2, 0.25) is 0 Å². The van der Waals surface area contributed by atoms with Gasteiger partial charge in [0.1, 0.15) is 17.4 Å². The van der Waals surface area contributed by atoms with Gasteiger partial charge in [-0.05, 0) is 123 Å². The van der Waals surface area contributed by atoms with Crippen molar-refractivity contribution in [2.45, 2.75) is 74.7 Å². The molecule has 0 heterocycles. The second-order valence-corrected chi connectivity index (χ2v) is 15.5. The van der Waals surface area contributed by atoms with E-state index in [4.69, 9.17) is 0 Å². The Morgan fingerprint density at radius 2 is 0.825 bits per heavy atom. The number of rotatable bonds is 18. The molecular formula is C45H50F6N4O2. The molecule has 2 N–H and O–H groups in total. The first-order chi connectivity index (χ1) is 27.2. The predicted octanol–water partition coefficient (Wildman–Crippen LogP) is 9.22. The fourth-order valence-corrected chi connectivity index (χ4v) is 9.00. The second-order valence-electron chi connectivity index (χ2n) is 15.5. The van der Waals surface area contributed by atoms with Crippen LogP contribution in [0.5, 0.6) is 0 Å². The maximum Gasteiger partial charge on any atom is 0.484 e. The molecule has 0 saturated carbocycles. The highest BCUT2D eigenvalue weighted by Crippen LogP contribution is 2.53. The van der Waals surface area contributed by atoms with Crippen LogP contribution in [0.1, 0.15) is 73.6 Å². The molecule has 0 atom stereocenters. The monoisotopic (exact) mass is 792 g/mol. The summed E-state index contributed by atoms with van der Waals surface area (Å²) in [6.45, 7) is 1.82. The van der Waals surface area contributed by atoms with Gasteiger partial charge in [0.05, 0.1) is 0 Å². The molecule has 6 rings (SSSR count). The maximum atomic E-state index is 13.7. The first kappa shape index (κ1) is 41.9. The van der Waals surface area contributed by atoms with Gasteiger partial charge in [-0.25, -0.2) is 0 Å². The summed E-state index contributed by atoms with van der Waals surface area (Å²) in [7, 11) is 4.07. The molecule has 0 aliphatic heterocycles. The SMILES string of the molecule is CN(CCCCN(C)CCCCC1(C(=O)NC(F)(F)F)c2ccccc2-c2ccccc21)CCCCC1(C(=O)NCC(F)(F)F)c2ccccc2-c2ccccc21. The van der Waals surface area contributed by atoms with Gasteiger partial charge in [-0.15, -0.1) is 0 Å². The topological polar surface area (TPSA) is 64.7 Å². The van der Waals surface area contributed by atoms with Crippen molar-refractivity contribution in [3.8, 4) is 22.3 Å². The summed E-state index contributed by atoms with van der Waals surface area (Å²) in [5, 5.41) is 3.52. The lowest BCUT2D eigenvalue weighted by Gasteiger charge is -2.31. The van der Waals surface area contributed by atoms with Crippen LogP contribution in [0.3, 0.4) is 0 Å². The number of alkyl halides is 6. The van der Waals surface area contributed by atoms with Crippen molar-refractivity contribution in [3.63, 3.8) is 0 Å². The number of amides is 2. The lowest BCUT2D eigenvalue weighted by molar-refractivity contribution is -0.172. The van der Waals surface area contributed by atoms with Crippen LogP contribution in [0, 0.1) is 0 Å². The molecular weight excluding hydrogens is 743 g/mol. The van der Waals surface area contributed by atoms with Crippen molar-refractivity contribution in [2.75, 3.05) is 46.8 Å². The Balaban J connectivity index is 0.965. The molecule has 0 unspecified atom stereocenters. The summed E-state index contributed by atoms with van der Waals surface area (Å²) < 4.78 is 80.1. The number of unbranched alkanes of at least 4 members (excludes halogenated alkanes) is 3. The van der Waals surface area contributed by atoms with Crippen molar-refractivity contribution in [1.29, 1.82) is 0 Å². The number of carbonyl (C=O) groups is 2. The highest BCUT2D eigenvalue weighted by Gasteiger charge is 2.51. The van der Waals surface area contributed by atoms with Crippen LogP contribution in [0.15, 0.2) is 97.1 Å². The van der Waals surface area contributed by atoms with E-state index in [1.165, 1.54) is 5.32 Å². The third-order valence-electron chi connectivity index (χ3n) is 11.6. The Kier molecular flexibility index (Phi) is 12.8. The van der Waals surface area contributed by atoms with E-state index >= 15 is 0 Å². The largest absolute Gasteiger partial charge is 0.484 e. The third kappa shape index (κ3) is 9.07. The van der Waals surface area contributed by atoms with Crippen LogP contribution in [0.25, 0.3) is 22.3 Å². The molecule has 0 bridgehead atoms. The summed E-state index contributed by atoms with van der Waals surface area (Å²) in [6.07, 6.45) is -4.16. The fraction of sp³-hybridized carbons (Fsp3) is 0.422. The van der Waals surface area contributed by atoms with E-state index < -0.39 is 41.7 Å². The van der Waals surface area contributed by atoms with Crippen LogP contribution in [-0.4, -0.2) is 80.9 Å². The quantitative estimate of drug-likeness (QED) is 0.0600. The second kappa shape index (κ2) is 17.4. The number of halogens is 6. The summed E-state index contributed by atoms with van der Waals surface area (Å²) in [4.78, 5) is 31.7. The first-order valence-corrected chi connectivity index (χ1v) is 19.7. The molecule has 0 fully saturated rings. The number of hydrogen-bond acceptors (Lipinski definition) is 4. The number of hydrogen-bond donors (Lipinski definition) is 2. The molecule has 2 amide bonds. The van der Waals surface area contributed by atoms with Crippen molar-refractivity contribution in [1.82, 2.24) is 20.4 Å². The number of fused-ring (bicyclic) bond motifs is 6. The molecule has 0 radical (unpaired) electrons. The van der Waals surface area contributed by atoms with E-state index in [2.05, 4.69) is 15.1 Å². The smallest absolute Gasteiger partial charge is 0.346 e. The zero-order chi connectivity index (χ0) is 40.8. The molecule has 304 valence electrons. The summed E-state index contributed by atoms with van der Waals surface area (Å²) >= 11 is 0. The fourth-order valence-electron chi connectivity index (χ4n) is 9.00. The summed E-state index contributed by atoms with van der Waals surface area (Å²) in [5.74, 6) is -1.68. The summed E-state index contributed by atoms with van der Waals surface area (Å²) in [6, 6.07) is 29.4. The Morgan fingerprint density at radius 1 is 0.509 bits per heavy atom. The Labute approximate surface area is 330 Å². The van der Waals surface area contributed by atoms with E-state index in [-0.39, 0.29) is 6.42 Å². The maximum absolute atomic E-state index is 13.7. The van der Waals surface area contributed by atoms with E-state index in [1.54, 1.807) is 24.3 Å². The van der Waals surface area contributed by atoms with Crippen LogP contribution >= 0.6 is 0 Å².